The number of amides is 1. The summed E-state index contributed by atoms with van der Waals surface area (Å²) < 4.78 is 2.47. The molecule has 2 heterocycles. The van der Waals surface area contributed by atoms with Gasteiger partial charge in [0.05, 0.1) is 27.7 Å². The van der Waals surface area contributed by atoms with E-state index in [9.17, 15) is 9.59 Å². The number of thiazole rings is 1. The number of para-hydroxylation sites is 1. The second kappa shape index (κ2) is 7.40. The van der Waals surface area contributed by atoms with Crippen molar-refractivity contribution in [1.82, 2.24) is 19.7 Å². The average molecular weight is 407 g/mol. The number of hydrogen-bond donors (Lipinski definition) is 0. The van der Waals surface area contributed by atoms with Gasteiger partial charge in [0.25, 0.3) is 11.5 Å². The van der Waals surface area contributed by atoms with Crippen LogP contribution in [0.25, 0.3) is 21.0 Å². The third-order valence-corrected chi connectivity index (χ3v) is 6.30. The normalized spacial score (nSPS) is 12.6. The Hall–Kier alpha value is -3.06. The number of benzene rings is 2. The van der Waals surface area contributed by atoms with Crippen LogP contribution in [0.1, 0.15) is 48.4 Å². The number of rotatable bonds is 4. The zero-order chi connectivity index (χ0) is 20.7. The van der Waals surface area contributed by atoms with Gasteiger partial charge in [0.1, 0.15) is 5.01 Å². The largest absolute Gasteiger partial charge is 0.331 e. The summed E-state index contributed by atoms with van der Waals surface area (Å²) in [6.07, 6.45) is 0. The molecule has 4 aromatic rings. The van der Waals surface area contributed by atoms with E-state index in [2.05, 4.69) is 10.1 Å². The summed E-state index contributed by atoms with van der Waals surface area (Å²) >= 11 is 1.58. The lowest BCUT2D eigenvalue weighted by atomic mass is 10.1. The topological polar surface area (TPSA) is 68.1 Å². The number of hydrogen-bond acceptors (Lipinski definition) is 5. The Morgan fingerprint density at radius 3 is 2.38 bits per heavy atom. The maximum absolute atomic E-state index is 13.4. The highest BCUT2D eigenvalue weighted by Gasteiger charge is 2.26. The zero-order valence-corrected chi connectivity index (χ0v) is 17.6. The van der Waals surface area contributed by atoms with Gasteiger partial charge in [0.2, 0.25) is 0 Å². The van der Waals surface area contributed by atoms with Gasteiger partial charge < -0.3 is 4.90 Å². The summed E-state index contributed by atoms with van der Waals surface area (Å²) in [4.78, 5) is 32.5. The second-order valence-electron chi connectivity index (χ2n) is 7.35. The van der Waals surface area contributed by atoms with Crippen LogP contribution in [-0.4, -0.2) is 32.6 Å². The molecular weight excluding hydrogens is 384 g/mol. The molecule has 2 aromatic carbocycles. The molecule has 29 heavy (non-hydrogen) atoms. The molecule has 0 saturated heterocycles. The number of aromatic nitrogens is 3. The van der Waals surface area contributed by atoms with Crippen LogP contribution in [0, 0.1) is 0 Å². The van der Waals surface area contributed by atoms with E-state index < -0.39 is 0 Å². The maximum Gasteiger partial charge on any atom is 0.275 e. The van der Waals surface area contributed by atoms with Crippen molar-refractivity contribution in [1.29, 1.82) is 0 Å². The Kier molecular flexibility index (Phi) is 4.92. The van der Waals surface area contributed by atoms with E-state index in [4.69, 9.17) is 0 Å². The first-order valence-electron chi connectivity index (χ1n) is 9.52. The molecule has 0 aliphatic rings. The minimum Gasteiger partial charge on any atom is -0.331 e. The quantitative estimate of drug-likeness (QED) is 0.503. The Bertz CT molecular complexity index is 1240. The van der Waals surface area contributed by atoms with Gasteiger partial charge in [-0.25, -0.2) is 9.67 Å². The molecule has 0 fully saturated rings. The van der Waals surface area contributed by atoms with E-state index in [-0.39, 0.29) is 29.2 Å². The third kappa shape index (κ3) is 3.31. The van der Waals surface area contributed by atoms with E-state index in [1.54, 1.807) is 41.5 Å². The van der Waals surface area contributed by atoms with Crippen molar-refractivity contribution in [2.24, 2.45) is 0 Å². The molecular formula is C22H22N4O2S. The number of fused-ring (bicyclic) bond motifs is 2. The predicted octanol–water partition coefficient (Wildman–Crippen LogP) is 4.42. The van der Waals surface area contributed by atoms with E-state index in [0.29, 0.717) is 10.8 Å². The van der Waals surface area contributed by atoms with Crippen LogP contribution in [0.5, 0.6) is 0 Å². The summed E-state index contributed by atoms with van der Waals surface area (Å²) in [5, 5.41) is 6.37. The van der Waals surface area contributed by atoms with Crippen LogP contribution in [0.2, 0.25) is 0 Å². The Morgan fingerprint density at radius 2 is 1.69 bits per heavy atom. The fourth-order valence-electron chi connectivity index (χ4n) is 3.29. The lowest BCUT2D eigenvalue weighted by Crippen LogP contribution is -2.34. The third-order valence-electron chi connectivity index (χ3n) is 5.09. The summed E-state index contributed by atoms with van der Waals surface area (Å²) in [5.41, 5.74) is 1.02. The highest BCUT2D eigenvalue weighted by atomic mass is 32.1. The monoisotopic (exact) mass is 406 g/mol. The van der Waals surface area contributed by atoms with Crippen LogP contribution < -0.4 is 5.56 Å². The van der Waals surface area contributed by atoms with Gasteiger partial charge >= 0.3 is 0 Å². The fraction of sp³-hybridized carbons (Fsp3) is 0.273. The second-order valence-corrected chi connectivity index (χ2v) is 8.41. The van der Waals surface area contributed by atoms with E-state index in [1.807, 2.05) is 51.1 Å². The molecule has 1 atom stereocenters. The molecule has 0 saturated carbocycles. The van der Waals surface area contributed by atoms with Gasteiger partial charge in [-0.15, -0.1) is 11.3 Å². The highest BCUT2D eigenvalue weighted by molar-refractivity contribution is 7.18. The minimum atomic E-state index is -0.234. The highest BCUT2D eigenvalue weighted by Crippen LogP contribution is 2.30. The van der Waals surface area contributed by atoms with Gasteiger partial charge in [-0.1, -0.05) is 30.3 Å². The Labute approximate surface area is 172 Å². The van der Waals surface area contributed by atoms with Crippen LogP contribution in [-0.2, 0) is 0 Å². The Balaban J connectivity index is 1.78. The van der Waals surface area contributed by atoms with Crippen molar-refractivity contribution in [3.63, 3.8) is 0 Å². The van der Waals surface area contributed by atoms with E-state index in [1.165, 1.54) is 4.68 Å². The van der Waals surface area contributed by atoms with Crippen molar-refractivity contribution >= 4 is 38.2 Å². The number of carbonyl (C=O) groups excluding carboxylic acids is 1. The lowest BCUT2D eigenvalue weighted by Gasteiger charge is -2.24. The molecule has 7 heteroatoms. The van der Waals surface area contributed by atoms with Crippen LogP contribution in [0.3, 0.4) is 0 Å². The summed E-state index contributed by atoms with van der Waals surface area (Å²) in [6, 6.07) is 14.7. The Morgan fingerprint density at radius 1 is 1.03 bits per heavy atom. The molecule has 0 bridgehead atoms. The average Bonchev–Trinajstić information content (AvgIpc) is 3.16. The van der Waals surface area contributed by atoms with E-state index in [0.717, 1.165) is 15.2 Å². The summed E-state index contributed by atoms with van der Waals surface area (Å²) in [6.45, 7) is 5.71. The molecule has 0 radical (unpaired) electrons. The van der Waals surface area contributed by atoms with Gasteiger partial charge in [0.15, 0.2) is 5.69 Å². The van der Waals surface area contributed by atoms with Crippen LogP contribution in [0.4, 0.5) is 0 Å². The minimum absolute atomic E-state index is 0.148. The van der Waals surface area contributed by atoms with Gasteiger partial charge in [-0.2, -0.15) is 5.10 Å². The first kappa shape index (κ1) is 19.3. The van der Waals surface area contributed by atoms with Crippen molar-refractivity contribution in [2.75, 3.05) is 7.05 Å². The molecule has 0 N–H and O–H groups in total. The van der Waals surface area contributed by atoms with E-state index >= 15 is 0 Å². The maximum atomic E-state index is 13.4. The van der Waals surface area contributed by atoms with Gasteiger partial charge in [-0.05, 0) is 39.0 Å². The molecule has 2 aromatic heterocycles. The molecule has 1 amide bonds. The lowest BCUT2D eigenvalue weighted by molar-refractivity contribution is 0.0736. The predicted molar refractivity (Wildman–Crippen MR) is 117 cm³/mol. The summed E-state index contributed by atoms with van der Waals surface area (Å²) in [5.74, 6) is -0.234. The molecule has 4 rings (SSSR count). The molecule has 0 aliphatic carbocycles. The van der Waals surface area contributed by atoms with Crippen molar-refractivity contribution < 1.29 is 4.79 Å². The molecule has 0 aliphatic heterocycles. The van der Waals surface area contributed by atoms with Gasteiger partial charge in [-0.3, -0.25) is 9.59 Å². The zero-order valence-electron chi connectivity index (χ0n) is 16.8. The summed E-state index contributed by atoms with van der Waals surface area (Å²) in [7, 11) is 1.75. The number of carbonyl (C=O) groups is 1. The molecule has 0 unspecified atom stereocenters. The first-order valence-corrected chi connectivity index (χ1v) is 10.3. The van der Waals surface area contributed by atoms with Crippen LogP contribution >= 0.6 is 11.3 Å². The molecule has 0 spiro atoms. The smallest absolute Gasteiger partial charge is 0.275 e. The van der Waals surface area contributed by atoms with Gasteiger partial charge in [0, 0.05) is 12.4 Å². The van der Waals surface area contributed by atoms with Crippen molar-refractivity contribution in [3.05, 3.63) is 69.6 Å². The molecule has 148 valence electrons. The standard InChI is InChI=1S/C22H22N4O2S/c1-13(2)26-21(27)16-10-6-5-9-15(16)19(24-26)22(28)25(4)14(3)20-23-17-11-7-8-12-18(17)29-20/h5-14H,1-4H3/t14-/m1/s1. The van der Waals surface area contributed by atoms with Crippen molar-refractivity contribution in [2.45, 2.75) is 32.9 Å². The first-order chi connectivity index (χ1) is 13.9. The SMILES string of the molecule is CC(C)n1nc(C(=O)N(C)[C@H](C)c2nc3ccccc3s2)c2ccccc2c1=O. The molecule has 6 nitrogen and oxygen atoms in total. The van der Waals surface area contributed by atoms with Crippen molar-refractivity contribution in [3.8, 4) is 0 Å². The fourth-order valence-corrected chi connectivity index (χ4v) is 4.35. The van der Waals surface area contributed by atoms with Crippen LogP contribution in [0.15, 0.2) is 53.3 Å². The number of nitrogens with zero attached hydrogens (tertiary/aromatic N) is 4.